The number of hydrogen-bond acceptors (Lipinski definition) is 8. The maximum Gasteiger partial charge on any atom is 0.306 e. The number of carboxylic acids is 1. The van der Waals surface area contributed by atoms with Gasteiger partial charge in [0.2, 0.25) is 0 Å². The maximum atomic E-state index is 12.8. The Morgan fingerprint density at radius 3 is 1.01 bits per heavy atom. The van der Waals surface area contributed by atoms with Gasteiger partial charge in [0.25, 0.3) is 0 Å². The van der Waals surface area contributed by atoms with Gasteiger partial charge in [0.15, 0.2) is 12.4 Å². The number of hydrogen-bond donors (Lipinski definition) is 0. The van der Waals surface area contributed by atoms with Crippen molar-refractivity contribution in [1.29, 1.82) is 0 Å². The SMILES string of the molecule is CCCCCCCCC/C=C\CCCCCCCC(=O)OC(COC(=O)CCCCCCCCCCCCCCCCCCCCCCCCCCCCCCCCCC)COC(OCC[N+](C)(C)C)C(=O)[O-]. The number of esters is 2. The fourth-order valence-corrected chi connectivity index (χ4v) is 9.59. The molecule has 9 nitrogen and oxygen atoms in total. The molecule has 0 aliphatic carbocycles. The molecule has 9 heteroatoms. The third kappa shape index (κ3) is 57.6. The molecular formula is C64H123NO8. The van der Waals surface area contributed by atoms with Crippen LogP contribution in [-0.4, -0.2) is 82.3 Å². The lowest BCUT2D eigenvalue weighted by molar-refractivity contribution is -0.870. The van der Waals surface area contributed by atoms with E-state index in [2.05, 4.69) is 26.0 Å². The van der Waals surface area contributed by atoms with Crippen LogP contribution in [-0.2, 0) is 33.3 Å². The van der Waals surface area contributed by atoms with Gasteiger partial charge in [-0.15, -0.1) is 0 Å². The molecular weight excluding hydrogens is 911 g/mol. The van der Waals surface area contributed by atoms with E-state index in [1.54, 1.807) is 0 Å². The predicted octanol–water partition coefficient (Wildman–Crippen LogP) is 17.6. The van der Waals surface area contributed by atoms with Gasteiger partial charge < -0.3 is 33.3 Å². The Balaban J connectivity index is 4.02. The fraction of sp³-hybridized carbons (Fsp3) is 0.922. The Hall–Kier alpha value is -1.97. The Morgan fingerprint density at radius 1 is 0.397 bits per heavy atom. The zero-order chi connectivity index (χ0) is 53.4. The van der Waals surface area contributed by atoms with Gasteiger partial charge in [0.05, 0.1) is 40.3 Å². The van der Waals surface area contributed by atoms with Crippen molar-refractivity contribution in [2.75, 3.05) is 47.5 Å². The summed E-state index contributed by atoms with van der Waals surface area (Å²) in [6, 6.07) is 0. The van der Waals surface area contributed by atoms with E-state index in [0.29, 0.717) is 23.9 Å². The van der Waals surface area contributed by atoms with E-state index in [1.165, 1.54) is 238 Å². The largest absolute Gasteiger partial charge is 0.545 e. The number of ether oxygens (including phenoxy) is 4. The fourth-order valence-electron chi connectivity index (χ4n) is 9.59. The lowest BCUT2D eigenvalue weighted by Crippen LogP contribution is -2.44. The van der Waals surface area contributed by atoms with Crippen LogP contribution < -0.4 is 5.11 Å². The van der Waals surface area contributed by atoms with Crippen LogP contribution in [0.5, 0.6) is 0 Å². The molecule has 0 radical (unpaired) electrons. The number of carbonyl (C=O) groups excluding carboxylic acids is 3. The van der Waals surface area contributed by atoms with Crippen molar-refractivity contribution >= 4 is 17.9 Å². The summed E-state index contributed by atoms with van der Waals surface area (Å²) >= 11 is 0. The number of nitrogens with zero attached hydrogens (tertiary/aromatic N) is 1. The summed E-state index contributed by atoms with van der Waals surface area (Å²) in [5.74, 6) is -2.27. The van der Waals surface area contributed by atoms with Gasteiger partial charge >= 0.3 is 11.9 Å². The molecule has 0 N–H and O–H groups in total. The van der Waals surface area contributed by atoms with Crippen molar-refractivity contribution in [3.8, 4) is 0 Å². The van der Waals surface area contributed by atoms with Gasteiger partial charge in [-0.2, -0.15) is 0 Å². The van der Waals surface area contributed by atoms with Crippen LogP contribution in [0.4, 0.5) is 0 Å². The summed E-state index contributed by atoms with van der Waals surface area (Å²) in [7, 11) is 5.93. The van der Waals surface area contributed by atoms with Crippen molar-refractivity contribution in [2.45, 2.75) is 334 Å². The highest BCUT2D eigenvalue weighted by Crippen LogP contribution is 2.18. The molecule has 432 valence electrons. The van der Waals surface area contributed by atoms with E-state index in [-0.39, 0.29) is 32.2 Å². The number of likely N-dealkylation sites (N-methyl/N-ethyl adjacent to an activating group) is 1. The average molecular weight is 1030 g/mol. The molecule has 0 aromatic rings. The van der Waals surface area contributed by atoms with Gasteiger partial charge in [0, 0.05) is 12.8 Å². The molecule has 0 aromatic heterocycles. The monoisotopic (exact) mass is 1030 g/mol. The van der Waals surface area contributed by atoms with Crippen LogP contribution >= 0.6 is 0 Å². The highest BCUT2D eigenvalue weighted by atomic mass is 16.7. The summed E-state index contributed by atoms with van der Waals surface area (Å²) in [5, 5.41) is 11.8. The molecule has 0 aromatic carbocycles. The minimum absolute atomic E-state index is 0.150. The molecule has 2 unspecified atom stereocenters. The lowest BCUT2D eigenvalue weighted by atomic mass is 10.0. The number of quaternary nitrogens is 1. The topological polar surface area (TPSA) is 111 Å². The zero-order valence-electron chi connectivity index (χ0n) is 49.3. The quantitative estimate of drug-likeness (QED) is 0.0195. The maximum absolute atomic E-state index is 12.8. The van der Waals surface area contributed by atoms with Crippen LogP contribution in [0.15, 0.2) is 12.2 Å². The third-order valence-corrected chi connectivity index (χ3v) is 14.5. The van der Waals surface area contributed by atoms with Crippen molar-refractivity contribution in [1.82, 2.24) is 0 Å². The molecule has 0 heterocycles. The van der Waals surface area contributed by atoms with Crippen LogP contribution in [0.3, 0.4) is 0 Å². The normalized spacial score (nSPS) is 12.7. The van der Waals surface area contributed by atoms with Crippen molar-refractivity contribution < 1.29 is 42.9 Å². The zero-order valence-corrected chi connectivity index (χ0v) is 49.3. The first-order chi connectivity index (χ1) is 35.6. The van der Waals surface area contributed by atoms with Gasteiger partial charge in [0.1, 0.15) is 13.2 Å². The third-order valence-electron chi connectivity index (χ3n) is 14.5. The van der Waals surface area contributed by atoms with Crippen molar-refractivity contribution in [3.63, 3.8) is 0 Å². The predicted molar refractivity (Wildman–Crippen MR) is 307 cm³/mol. The molecule has 0 saturated carbocycles. The molecule has 0 amide bonds. The summed E-state index contributed by atoms with van der Waals surface area (Å²) in [6.45, 7) is 4.79. The summed E-state index contributed by atoms with van der Waals surface area (Å²) in [6.07, 6.45) is 62.9. The number of allylic oxidation sites excluding steroid dienone is 2. The lowest BCUT2D eigenvalue weighted by Gasteiger charge is -2.26. The number of rotatable bonds is 60. The van der Waals surface area contributed by atoms with Gasteiger partial charge in [-0.25, -0.2) is 0 Å². The van der Waals surface area contributed by atoms with E-state index >= 15 is 0 Å². The number of unbranched alkanes of at least 4 members (excludes halogenated alkanes) is 43. The second-order valence-corrected chi connectivity index (χ2v) is 23.1. The van der Waals surface area contributed by atoms with E-state index < -0.39 is 24.3 Å². The molecule has 0 bridgehead atoms. The first kappa shape index (κ1) is 71.0. The number of carbonyl (C=O) groups is 3. The average Bonchev–Trinajstić information content (AvgIpc) is 3.36. The van der Waals surface area contributed by atoms with Gasteiger partial charge in [-0.3, -0.25) is 9.59 Å². The molecule has 0 fully saturated rings. The van der Waals surface area contributed by atoms with Gasteiger partial charge in [-0.1, -0.05) is 283 Å². The Bertz CT molecular complexity index is 1200. The minimum Gasteiger partial charge on any atom is -0.545 e. The van der Waals surface area contributed by atoms with E-state index in [0.717, 1.165) is 51.4 Å². The highest BCUT2D eigenvalue weighted by Gasteiger charge is 2.22. The summed E-state index contributed by atoms with van der Waals surface area (Å²) in [4.78, 5) is 37.3. The Kier molecular flexibility index (Phi) is 54.7. The van der Waals surface area contributed by atoms with Crippen LogP contribution in [0, 0.1) is 0 Å². The van der Waals surface area contributed by atoms with E-state index in [1.807, 2.05) is 21.1 Å². The molecule has 0 rings (SSSR count). The molecule has 73 heavy (non-hydrogen) atoms. The highest BCUT2D eigenvalue weighted by molar-refractivity contribution is 5.70. The molecule has 0 aliphatic heterocycles. The summed E-state index contributed by atoms with van der Waals surface area (Å²) < 4.78 is 22.7. The standard InChI is InChI=1S/C64H123NO8/c1-6-8-10-12-14-16-18-20-22-24-25-26-27-28-29-30-31-32-33-34-35-36-37-38-39-41-42-44-46-48-50-52-54-61(66)71-58-60(59-72-64(63(68)69)70-57-56-65(3,4)5)73-62(67)55-53-51-49-47-45-43-40-23-21-19-17-15-13-11-9-7-2/h23,40,60,64H,6-22,24-39,41-59H2,1-5H3/b40-23-. The number of carboxylic acid groups (broad SMARTS) is 1. The Labute approximate surface area is 453 Å². The van der Waals surface area contributed by atoms with Crippen LogP contribution in [0.25, 0.3) is 0 Å². The molecule has 0 spiro atoms. The summed E-state index contributed by atoms with van der Waals surface area (Å²) in [5.41, 5.74) is 0. The second-order valence-electron chi connectivity index (χ2n) is 23.1. The Morgan fingerprint density at radius 2 is 0.699 bits per heavy atom. The van der Waals surface area contributed by atoms with Crippen molar-refractivity contribution in [3.05, 3.63) is 12.2 Å². The number of aliphatic carboxylic acids is 1. The van der Waals surface area contributed by atoms with Crippen LogP contribution in [0.1, 0.15) is 322 Å². The van der Waals surface area contributed by atoms with Crippen LogP contribution in [0.2, 0.25) is 0 Å². The van der Waals surface area contributed by atoms with E-state index in [4.69, 9.17) is 18.9 Å². The van der Waals surface area contributed by atoms with E-state index in [9.17, 15) is 19.5 Å². The molecule has 0 saturated heterocycles. The first-order valence-corrected chi connectivity index (χ1v) is 31.8. The molecule has 2 atom stereocenters. The van der Waals surface area contributed by atoms with Crippen molar-refractivity contribution in [2.24, 2.45) is 0 Å². The minimum atomic E-state index is -1.62. The van der Waals surface area contributed by atoms with Gasteiger partial charge in [-0.05, 0) is 38.5 Å². The smallest absolute Gasteiger partial charge is 0.306 e. The first-order valence-electron chi connectivity index (χ1n) is 31.8. The molecule has 0 aliphatic rings. The second kappa shape index (κ2) is 56.2.